The molecule has 3 N–H and O–H groups in total. The van der Waals surface area contributed by atoms with Crippen LogP contribution in [0.2, 0.25) is 0 Å². The third-order valence-electron chi connectivity index (χ3n) is 5.07. The maximum absolute atomic E-state index is 14.7. The summed E-state index contributed by atoms with van der Waals surface area (Å²) in [6.07, 6.45) is -3.96. The number of pyridine rings is 1. The molecule has 1 amide bonds. The summed E-state index contributed by atoms with van der Waals surface area (Å²) in [6, 6.07) is 5.75. The summed E-state index contributed by atoms with van der Waals surface area (Å²) in [6.45, 7) is 0.572. The summed E-state index contributed by atoms with van der Waals surface area (Å²) in [7, 11) is 0. The second-order valence-corrected chi connectivity index (χ2v) is 8.02. The van der Waals surface area contributed by atoms with Gasteiger partial charge in [-0.2, -0.15) is 13.2 Å². The molecule has 0 spiro atoms. The number of alkyl halides is 3. The number of hydrogen-bond donors (Lipinski definition) is 2. The number of nitrogens with one attached hydrogen (secondary N) is 1. The topological polar surface area (TPSA) is 89.6 Å². The van der Waals surface area contributed by atoms with Crippen molar-refractivity contribution >= 4 is 28.5 Å². The first-order valence-electron chi connectivity index (χ1n) is 8.89. The van der Waals surface area contributed by atoms with Crippen LogP contribution in [0, 0.1) is 11.7 Å². The fraction of sp³-hybridized carbons (Fsp3) is 0.316. The Bertz CT molecular complexity index is 1010. The Morgan fingerprint density at radius 2 is 2.10 bits per heavy atom. The lowest BCUT2D eigenvalue weighted by Gasteiger charge is -2.34. The fourth-order valence-electron chi connectivity index (χ4n) is 3.52. The van der Waals surface area contributed by atoms with Crippen molar-refractivity contribution in [3.05, 3.63) is 59.2 Å². The highest BCUT2D eigenvalue weighted by molar-refractivity contribution is 8.13. The molecule has 30 heavy (non-hydrogen) atoms. The Balaban J connectivity index is 1.61. The van der Waals surface area contributed by atoms with Gasteiger partial charge in [-0.25, -0.2) is 9.38 Å². The molecule has 2 aliphatic rings. The van der Waals surface area contributed by atoms with E-state index in [1.807, 2.05) is 0 Å². The highest BCUT2D eigenvalue weighted by Crippen LogP contribution is 2.45. The average Bonchev–Trinajstić information content (AvgIpc) is 3.12. The van der Waals surface area contributed by atoms with Crippen molar-refractivity contribution in [3.8, 4) is 0 Å². The number of halogens is 4. The van der Waals surface area contributed by atoms with Crippen LogP contribution >= 0.6 is 11.8 Å². The van der Waals surface area contributed by atoms with E-state index in [0.717, 1.165) is 12.1 Å². The number of rotatable bonds is 3. The summed E-state index contributed by atoms with van der Waals surface area (Å²) in [5, 5.41) is 2.87. The second kappa shape index (κ2) is 7.55. The van der Waals surface area contributed by atoms with Crippen LogP contribution in [0.1, 0.15) is 21.6 Å². The van der Waals surface area contributed by atoms with Gasteiger partial charge < -0.3 is 15.8 Å². The molecular formula is C19H16F4N4O2S. The maximum Gasteiger partial charge on any atom is 0.417 e. The van der Waals surface area contributed by atoms with E-state index in [0.29, 0.717) is 23.7 Å². The Hall–Kier alpha value is -2.66. The number of amidine groups is 1. The summed E-state index contributed by atoms with van der Waals surface area (Å²) in [5.41, 5.74) is 4.23. The SMILES string of the molecule is NC1=N[C@@]2(c3cc(NC(=O)c4ccc(C(F)(F)F)cn4)ccc3F)COC[C@H]2CS1. The Morgan fingerprint density at radius 3 is 2.80 bits per heavy atom. The largest absolute Gasteiger partial charge is 0.417 e. The molecule has 11 heteroatoms. The lowest BCUT2D eigenvalue weighted by Crippen LogP contribution is -2.40. The van der Waals surface area contributed by atoms with Gasteiger partial charge in [-0.05, 0) is 30.3 Å². The van der Waals surface area contributed by atoms with E-state index in [1.54, 1.807) is 0 Å². The number of carbonyl (C=O) groups excluding carboxylic acids is 1. The predicted molar refractivity (Wildman–Crippen MR) is 104 cm³/mol. The van der Waals surface area contributed by atoms with Gasteiger partial charge in [0.2, 0.25) is 0 Å². The third-order valence-corrected chi connectivity index (χ3v) is 6.03. The van der Waals surface area contributed by atoms with Crippen LogP contribution in [0.25, 0.3) is 0 Å². The van der Waals surface area contributed by atoms with Gasteiger partial charge in [0.25, 0.3) is 5.91 Å². The molecule has 2 aromatic rings. The number of thioether (sulfide) groups is 1. The molecule has 6 nitrogen and oxygen atoms in total. The molecule has 2 aliphatic heterocycles. The minimum atomic E-state index is -4.55. The number of ether oxygens (including phenoxy) is 1. The number of hydrogen-bond acceptors (Lipinski definition) is 6. The van der Waals surface area contributed by atoms with Crippen molar-refractivity contribution in [3.63, 3.8) is 0 Å². The molecule has 0 radical (unpaired) electrons. The van der Waals surface area contributed by atoms with Gasteiger partial charge >= 0.3 is 6.18 Å². The summed E-state index contributed by atoms with van der Waals surface area (Å²) >= 11 is 1.38. The summed E-state index contributed by atoms with van der Waals surface area (Å²) in [5.74, 6) is -0.687. The molecule has 3 heterocycles. The van der Waals surface area contributed by atoms with Crippen LogP contribution in [-0.4, -0.2) is 35.0 Å². The first-order valence-corrected chi connectivity index (χ1v) is 9.88. The van der Waals surface area contributed by atoms with E-state index in [1.165, 1.54) is 30.0 Å². The number of carbonyl (C=O) groups is 1. The lowest BCUT2D eigenvalue weighted by atomic mass is 9.81. The first-order chi connectivity index (χ1) is 14.2. The molecule has 4 rings (SSSR count). The number of anilines is 1. The van der Waals surface area contributed by atoms with Crippen LogP contribution in [0.4, 0.5) is 23.2 Å². The van der Waals surface area contributed by atoms with E-state index in [-0.39, 0.29) is 29.5 Å². The molecule has 0 bridgehead atoms. The Labute approximate surface area is 172 Å². The normalized spacial score (nSPS) is 23.6. The highest BCUT2D eigenvalue weighted by Gasteiger charge is 2.49. The molecular weight excluding hydrogens is 424 g/mol. The number of fused-ring (bicyclic) bond motifs is 1. The Morgan fingerprint density at radius 1 is 1.30 bits per heavy atom. The van der Waals surface area contributed by atoms with Crippen molar-refractivity contribution in [1.82, 2.24) is 4.98 Å². The van der Waals surface area contributed by atoms with Crippen LogP contribution in [0.3, 0.4) is 0 Å². The van der Waals surface area contributed by atoms with Gasteiger partial charge in [-0.1, -0.05) is 11.8 Å². The number of aliphatic imine (C=N–C) groups is 1. The summed E-state index contributed by atoms with van der Waals surface area (Å²) < 4.78 is 58.2. The van der Waals surface area contributed by atoms with Gasteiger partial charge in [0.05, 0.1) is 18.8 Å². The average molecular weight is 440 g/mol. The third kappa shape index (κ3) is 3.74. The van der Waals surface area contributed by atoms with Crippen LogP contribution in [0.5, 0.6) is 0 Å². The van der Waals surface area contributed by atoms with Crippen molar-refractivity contribution < 1.29 is 27.1 Å². The predicted octanol–water partition coefficient (Wildman–Crippen LogP) is 3.40. The van der Waals surface area contributed by atoms with Crippen molar-refractivity contribution in [2.24, 2.45) is 16.6 Å². The van der Waals surface area contributed by atoms with Crippen LogP contribution in [-0.2, 0) is 16.5 Å². The van der Waals surface area contributed by atoms with Crippen LogP contribution < -0.4 is 11.1 Å². The molecule has 0 unspecified atom stereocenters. The zero-order valence-corrected chi connectivity index (χ0v) is 16.2. The second-order valence-electron chi connectivity index (χ2n) is 6.98. The smallest absolute Gasteiger partial charge is 0.379 e. The van der Waals surface area contributed by atoms with Crippen LogP contribution in [0.15, 0.2) is 41.5 Å². The van der Waals surface area contributed by atoms with Crippen molar-refractivity contribution in [1.29, 1.82) is 0 Å². The van der Waals surface area contributed by atoms with E-state index >= 15 is 0 Å². The number of aromatic nitrogens is 1. The molecule has 1 saturated heterocycles. The fourth-order valence-corrected chi connectivity index (χ4v) is 4.49. The van der Waals surface area contributed by atoms with Crippen molar-refractivity contribution in [2.75, 3.05) is 24.3 Å². The molecule has 1 fully saturated rings. The molecule has 158 valence electrons. The quantitative estimate of drug-likeness (QED) is 0.715. The van der Waals surface area contributed by atoms with E-state index in [4.69, 9.17) is 10.5 Å². The number of amides is 1. The van der Waals surface area contributed by atoms with E-state index < -0.39 is 29.0 Å². The maximum atomic E-state index is 14.7. The van der Waals surface area contributed by atoms with Gasteiger partial charge in [-0.3, -0.25) is 9.78 Å². The number of nitrogens with zero attached hydrogens (tertiary/aromatic N) is 2. The number of benzene rings is 1. The molecule has 1 aromatic heterocycles. The lowest BCUT2D eigenvalue weighted by molar-refractivity contribution is -0.137. The number of nitrogens with two attached hydrogens (primary N) is 1. The zero-order valence-electron chi connectivity index (χ0n) is 15.4. The highest BCUT2D eigenvalue weighted by atomic mass is 32.2. The first kappa shape index (κ1) is 20.6. The minimum Gasteiger partial charge on any atom is -0.379 e. The van der Waals surface area contributed by atoms with Gasteiger partial charge in [0.15, 0.2) is 5.17 Å². The van der Waals surface area contributed by atoms with Gasteiger partial charge in [0, 0.05) is 29.1 Å². The van der Waals surface area contributed by atoms with Crippen molar-refractivity contribution in [2.45, 2.75) is 11.7 Å². The molecule has 0 aliphatic carbocycles. The zero-order chi connectivity index (χ0) is 21.5. The molecule has 1 aromatic carbocycles. The van der Waals surface area contributed by atoms with Gasteiger partial charge in [-0.15, -0.1) is 0 Å². The van der Waals surface area contributed by atoms with Gasteiger partial charge in [0.1, 0.15) is 17.1 Å². The molecule has 0 saturated carbocycles. The van der Waals surface area contributed by atoms with E-state index in [2.05, 4.69) is 15.3 Å². The minimum absolute atomic E-state index is 0.0770. The molecule has 2 atom stereocenters. The Kier molecular flexibility index (Phi) is 5.18. The monoisotopic (exact) mass is 440 g/mol. The summed E-state index contributed by atoms with van der Waals surface area (Å²) in [4.78, 5) is 20.4. The van der Waals surface area contributed by atoms with E-state index in [9.17, 15) is 22.4 Å². The standard InChI is InChI=1S/C19H16F4N4O2S/c20-14-3-2-12(26-16(28)15-4-1-10(6-25-15)19(21,22)23)5-13(14)18-9-29-7-11(18)8-30-17(24)27-18/h1-6,11H,7-9H2,(H2,24,27)(H,26,28)/t11-,18-/m0/s1.